The van der Waals surface area contributed by atoms with E-state index in [1.165, 1.54) is 0 Å². The van der Waals surface area contributed by atoms with Gasteiger partial charge < -0.3 is 25.0 Å². The van der Waals surface area contributed by atoms with E-state index in [0.29, 0.717) is 36.7 Å². The lowest BCUT2D eigenvalue weighted by molar-refractivity contribution is 0.0352. The van der Waals surface area contributed by atoms with Gasteiger partial charge in [-0.1, -0.05) is 25.7 Å². The van der Waals surface area contributed by atoms with Crippen LogP contribution in [0.15, 0.2) is 12.3 Å². The van der Waals surface area contributed by atoms with Crippen LogP contribution in [0.5, 0.6) is 5.88 Å². The lowest BCUT2D eigenvalue weighted by Gasteiger charge is -2.37. The molecular weight excluding hydrogens is 408 g/mol. The van der Waals surface area contributed by atoms with Crippen molar-refractivity contribution in [2.45, 2.75) is 52.2 Å². The molecular formula is C24H34N4O4. The van der Waals surface area contributed by atoms with Gasteiger partial charge in [-0.05, 0) is 32.3 Å². The van der Waals surface area contributed by atoms with Crippen molar-refractivity contribution in [2.24, 2.45) is 11.8 Å². The second-order valence-corrected chi connectivity index (χ2v) is 8.86. The number of ether oxygens (including phenoxy) is 1. The maximum Gasteiger partial charge on any atom is 0.317 e. The molecule has 2 N–H and O–H groups in total. The van der Waals surface area contributed by atoms with Gasteiger partial charge in [0.2, 0.25) is 5.88 Å². The summed E-state index contributed by atoms with van der Waals surface area (Å²) in [6.45, 7) is 7.00. The Balaban J connectivity index is 1.89. The van der Waals surface area contributed by atoms with E-state index in [0.717, 1.165) is 19.3 Å². The number of aliphatic hydroxyl groups excluding tert-OH is 1. The molecule has 3 atom stereocenters. The Bertz CT molecular complexity index is 890. The van der Waals surface area contributed by atoms with E-state index in [1.54, 1.807) is 29.1 Å². The number of carbonyl (C=O) groups excluding carboxylic acids is 2. The quantitative estimate of drug-likeness (QED) is 0.658. The molecule has 0 spiro atoms. The Morgan fingerprint density at radius 2 is 2.22 bits per heavy atom. The summed E-state index contributed by atoms with van der Waals surface area (Å²) < 4.78 is 6.21. The Labute approximate surface area is 190 Å². The number of carbonyl (C=O) groups is 2. The highest BCUT2D eigenvalue weighted by Crippen LogP contribution is 2.29. The second-order valence-electron chi connectivity index (χ2n) is 8.86. The number of urea groups is 1. The first-order valence-corrected chi connectivity index (χ1v) is 11.4. The number of hydrogen-bond donors (Lipinski definition) is 2. The summed E-state index contributed by atoms with van der Waals surface area (Å²) in [4.78, 5) is 33.4. The van der Waals surface area contributed by atoms with Crippen molar-refractivity contribution in [1.29, 1.82) is 0 Å². The fourth-order valence-corrected chi connectivity index (χ4v) is 3.52. The minimum Gasteiger partial charge on any atom is -0.472 e. The van der Waals surface area contributed by atoms with Gasteiger partial charge in [0.1, 0.15) is 11.7 Å². The first kappa shape index (κ1) is 23.9. The lowest BCUT2D eigenvalue weighted by atomic mass is 10.00. The number of hydrogen-bond acceptors (Lipinski definition) is 5. The predicted octanol–water partition coefficient (Wildman–Crippen LogP) is 2.11. The molecule has 1 aliphatic carbocycles. The van der Waals surface area contributed by atoms with E-state index in [-0.39, 0.29) is 42.5 Å². The molecule has 1 aromatic rings. The van der Waals surface area contributed by atoms with Crippen LogP contribution >= 0.6 is 0 Å². The standard InChI is InChI=1S/C24H34N4O4/c1-5-10-25-24(31)27(4)14-21-16(2)13-28(17(3)15-29)23(30)20-11-19(9-8-18-6-7-18)12-26-22(20)32-21/h11-12,16-18,21,29H,5-7,10,13-15H2,1-4H3,(H,25,31)/t16-,17-,21+/m1/s1. The highest BCUT2D eigenvalue weighted by molar-refractivity contribution is 5.97. The third kappa shape index (κ3) is 5.92. The van der Waals surface area contributed by atoms with Crippen molar-refractivity contribution >= 4 is 11.9 Å². The van der Waals surface area contributed by atoms with Crippen LogP contribution in [0, 0.1) is 23.7 Å². The van der Waals surface area contributed by atoms with E-state index in [1.807, 2.05) is 20.8 Å². The first-order chi connectivity index (χ1) is 15.3. The zero-order chi connectivity index (χ0) is 23.3. The molecule has 0 unspecified atom stereocenters. The zero-order valence-corrected chi connectivity index (χ0v) is 19.4. The number of nitrogens with zero attached hydrogens (tertiary/aromatic N) is 3. The monoisotopic (exact) mass is 442 g/mol. The molecule has 3 amide bonds. The summed E-state index contributed by atoms with van der Waals surface area (Å²) in [6, 6.07) is 1.20. The van der Waals surface area contributed by atoms with Gasteiger partial charge in [0.05, 0.1) is 19.2 Å². The Kier molecular flexibility index (Phi) is 7.97. The molecule has 8 heteroatoms. The summed E-state index contributed by atoms with van der Waals surface area (Å²) >= 11 is 0. The summed E-state index contributed by atoms with van der Waals surface area (Å²) in [5, 5.41) is 12.6. The highest BCUT2D eigenvalue weighted by atomic mass is 16.5. The Morgan fingerprint density at radius 1 is 1.47 bits per heavy atom. The van der Waals surface area contributed by atoms with Crippen LogP contribution in [0.3, 0.4) is 0 Å². The molecule has 0 saturated heterocycles. The average molecular weight is 443 g/mol. The molecule has 174 valence electrons. The molecule has 1 aromatic heterocycles. The van der Waals surface area contributed by atoms with Crippen LogP contribution in [0.2, 0.25) is 0 Å². The molecule has 1 saturated carbocycles. The smallest absolute Gasteiger partial charge is 0.317 e. The maximum absolute atomic E-state index is 13.4. The fourth-order valence-electron chi connectivity index (χ4n) is 3.52. The Hall–Kier alpha value is -2.79. The lowest BCUT2D eigenvalue weighted by Crippen LogP contribution is -2.51. The van der Waals surface area contributed by atoms with Crippen molar-refractivity contribution in [2.75, 3.05) is 33.3 Å². The predicted molar refractivity (Wildman–Crippen MR) is 121 cm³/mol. The molecule has 2 aliphatic rings. The molecule has 2 heterocycles. The molecule has 1 aliphatic heterocycles. The molecule has 3 rings (SSSR count). The van der Waals surface area contributed by atoms with Crippen molar-refractivity contribution in [3.8, 4) is 17.7 Å². The number of nitrogens with one attached hydrogen (secondary N) is 1. The van der Waals surface area contributed by atoms with E-state index in [4.69, 9.17) is 4.74 Å². The van der Waals surface area contributed by atoms with Gasteiger partial charge in [0.25, 0.3) is 5.91 Å². The summed E-state index contributed by atoms with van der Waals surface area (Å²) in [7, 11) is 1.73. The zero-order valence-electron chi connectivity index (χ0n) is 19.4. The van der Waals surface area contributed by atoms with Crippen molar-refractivity contribution < 1.29 is 19.4 Å². The first-order valence-electron chi connectivity index (χ1n) is 11.4. The normalized spacial score (nSPS) is 21.3. The third-order valence-electron chi connectivity index (χ3n) is 5.85. The molecule has 0 aromatic carbocycles. The van der Waals surface area contributed by atoms with Gasteiger partial charge in [-0.25, -0.2) is 9.78 Å². The number of likely N-dealkylation sites (N-methyl/N-ethyl adjacent to an activating group) is 1. The topological polar surface area (TPSA) is 95.0 Å². The summed E-state index contributed by atoms with van der Waals surface area (Å²) in [5.74, 6) is 6.66. The van der Waals surface area contributed by atoms with Gasteiger partial charge in [-0.2, -0.15) is 0 Å². The summed E-state index contributed by atoms with van der Waals surface area (Å²) in [5.41, 5.74) is 1.01. The van der Waals surface area contributed by atoms with Crippen molar-refractivity contribution in [3.05, 3.63) is 23.4 Å². The minimum atomic E-state index is -0.372. The molecule has 8 nitrogen and oxygen atoms in total. The van der Waals surface area contributed by atoms with E-state index in [9.17, 15) is 14.7 Å². The van der Waals surface area contributed by atoms with Crippen molar-refractivity contribution in [3.63, 3.8) is 0 Å². The van der Waals surface area contributed by atoms with Gasteiger partial charge in [-0.3, -0.25) is 4.79 Å². The number of pyridine rings is 1. The van der Waals surface area contributed by atoms with Crippen molar-refractivity contribution in [1.82, 2.24) is 20.1 Å². The fraction of sp³-hybridized carbons (Fsp3) is 0.625. The molecule has 1 fully saturated rings. The number of aromatic nitrogens is 1. The van der Waals surface area contributed by atoms with Gasteiger partial charge in [-0.15, -0.1) is 0 Å². The van der Waals surface area contributed by atoms with Gasteiger partial charge in [0.15, 0.2) is 0 Å². The van der Waals surface area contributed by atoms with Crippen LogP contribution in [0.1, 0.15) is 56.0 Å². The van der Waals surface area contributed by atoms with E-state index >= 15 is 0 Å². The van der Waals surface area contributed by atoms with Gasteiger partial charge in [0, 0.05) is 43.7 Å². The SMILES string of the molecule is CCCNC(=O)N(C)C[C@@H]1Oc2ncc(C#CC3CC3)cc2C(=O)N([C@H](C)CO)C[C@H]1C. The number of amides is 3. The van der Waals surface area contributed by atoms with Crippen LogP contribution in [-0.4, -0.2) is 77.3 Å². The van der Waals surface area contributed by atoms with Crippen LogP contribution in [0.25, 0.3) is 0 Å². The van der Waals surface area contributed by atoms with Crippen LogP contribution in [0.4, 0.5) is 4.79 Å². The second kappa shape index (κ2) is 10.7. The summed E-state index contributed by atoms with van der Waals surface area (Å²) in [6.07, 6.45) is 4.35. The molecule has 0 radical (unpaired) electrons. The minimum absolute atomic E-state index is 0.0846. The number of rotatable bonds is 6. The van der Waals surface area contributed by atoms with E-state index < -0.39 is 0 Å². The highest BCUT2D eigenvalue weighted by Gasteiger charge is 2.34. The molecule has 32 heavy (non-hydrogen) atoms. The Morgan fingerprint density at radius 3 is 2.88 bits per heavy atom. The maximum atomic E-state index is 13.4. The third-order valence-corrected chi connectivity index (χ3v) is 5.85. The van der Waals surface area contributed by atoms with E-state index in [2.05, 4.69) is 22.1 Å². The van der Waals surface area contributed by atoms with Crippen LogP contribution < -0.4 is 10.1 Å². The average Bonchev–Trinajstić information content (AvgIpc) is 3.62. The van der Waals surface area contributed by atoms with Gasteiger partial charge >= 0.3 is 6.03 Å². The number of aliphatic hydroxyl groups is 1. The number of fused-ring (bicyclic) bond motifs is 1. The largest absolute Gasteiger partial charge is 0.472 e. The van der Waals surface area contributed by atoms with Crippen LogP contribution in [-0.2, 0) is 0 Å². The molecule has 0 bridgehead atoms.